The van der Waals surface area contributed by atoms with Gasteiger partial charge in [-0.25, -0.2) is 4.79 Å². The monoisotopic (exact) mass is 746 g/mol. The summed E-state index contributed by atoms with van der Waals surface area (Å²) in [5.74, 6) is -1.80. The van der Waals surface area contributed by atoms with Crippen LogP contribution in [0.5, 0.6) is 0 Å². The highest BCUT2D eigenvalue weighted by Gasteiger charge is 2.71. The molecule has 0 heterocycles. The number of hydrogen-bond acceptors (Lipinski definition) is 8. The molecule has 2 atom stereocenters. The lowest BCUT2D eigenvalue weighted by atomic mass is 10.2. The van der Waals surface area contributed by atoms with E-state index in [1.807, 2.05) is 0 Å². The van der Waals surface area contributed by atoms with E-state index >= 15 is 0 Å². The molecule has 0 spiro atoms. The van der Waals surface area contributed by atoms with Gasteiger partial charge in [0.15, 0.2) is 0 Å². The van der Waals surface area contributed by atoms with Gasteiger partial charge in [0.2, 0.25) is 6.10 Å². The Kier molecular flexibility index (Phi) is 34.5. The van der Waals surface area contributed by atoms with Gasteiger partial charge < -0.3 is 28.4 Å². The van der Waals surface area contributed by atoms with Gasteiger partial charge in [0.25, 0.3) is 0 Å². The van der Waals surface area contributed by atoms with E-state index in [1.165, 1.54) is 0 Å². The summed E-state index contributed by atoms with van der Waals surface area (Å²) < 4.78 is 55.4. The van der Waals surface area contributed by atoms with Crippen LogP contribution in [0.2, 0.25) is 0 Å². The first-order valence-electron chi connectivity index (χ1n) is 21.3. The lowest BCUT2D eigenvalue weighted by Crippen LogP contribution is -2.63. The van der Waals surface area contributed by atoms with Crippen molar-refractivity contribution in [3.8, 4) is 0 Å². The molecule has 0 aromatic heterocycles. The summed E-state index contributed by atoms with van der Waals surface area (Å²) in [6.07, 6.45) is 23.3. The van der Waals surface area contributed by atoms with E-state index < -0.39 is 30.9 Å². The van der Waals surface area contributed by atoms with Crippen LogP contribution >= 0.6 is 7.80 Å². The molecule has 0 saturated heterocycles. The zero-order valence-corrected chi connectivity index (χ0v) is 35.2. The number of allylic oxidation sites excluding steroid dienone is 1. The van der Waals surface area contributed by atoms with E-state index in [-0.39, 0.29) is 13.2 Å². The number of ether oxygens (including phenoxy) is 6. The molecule has 0 aliphatic heterocycles. The fourth-order valence-electron chi connectivity index (χ4n) is 5.89. The predicted molar refractivity (Wildman–Crippen MR) is 213 cm³/mol. The Morgan fingerprint density at radius 1 is 0.490 bits per heavy atom. The first-order chi connectivity index (χ1) is 24.9. The van der Waals surface area contributed by atoms with Gasteiger partial charge in [-0.1, -0.05) is 168 Å². The van der Waals surface area contributed by atoms with Crippen molar-refractivity contribution in [1.82, 2.24) is 0 Å². The fourth-order valence-corrected chi connectivity index (χ4v) is 7.23. The van der Waals surface area contributed by atoms with Gasteiger partial charge >= 0.3 is 24.8 Å². The van der Waals surface area contributed by atoms with Crippen molar-refractivity contribution in [1.29, 1.82) is 0 Å². The smallest absolute Gasteiger partial charge is 0.361 e. The highest BCUT2D eigenvalue weighted by molar-refractivity contribution is 7.65. The van der Waals surface area contributed by atoms with E-state index in [1.54, 1.807) is 0 Å². The quantitative estimate of drug-likeness (QED) is 0.0264. The Bertz CT molecular complexity index is 773. The van der Waals surface area contributed by atoms with Gasteiger partial charge in [-0.2, -0.15) is 0 Å². The minimum absolute atomic E-state index is 0.246. The van der Waals surface area contributed by atoms with Crippen LogP contribution in [-0.2, 0) is 37.8 Å². The van der Waals surface area contributed by atoms with Gasteiger partial charge in [-0.15, -0.1) is 0 Å². The third-order valence-electron chi connectivity index (χ3n) is 9.11. The number of hydrogen-bond donors (Lipinski definition) is 0. The molecule has 0 aliphatic rings. The van der Waals surface area contributed by atoms with Crippen molar-refractivity contribution in [2.24, 2.45) is 0 Å². The number of unbranched alkanes of at least 4 members (excludes halogenated alkanes) is 18. The Labute approximate surface area is 316 Å². The third-order valence-corrected chi connectivity index (χ3v) is 10.8. The molecule has 9 heteroatoms. The second kappa shape index (κ2) is 35.0. The minimum atomic E-state index is -2.86. The lowest BCUT2D eigenvalue weighted by Gasteiger charge is -2.43. The Balaban J connectivity index is 7.37. The molecular weight excluding hydrogens is 663 g/mol. The zero-order valence-electron chi connectivity index (χ0n) is 34.3. The van der Waals surface area contributed by atoms with Gasteiger partial charge in [0.05, 0.1) is 33.0 Å². The molecule has 0 aliphatic carbocycles. The largest absolute Gasteiger partial charge is 0.488 e. The van der Waals surface area contributed by atoms with Gasteiger partial charge in [-0.05, 0) is 38.5 Å². The molecule has 0 bridgehead atoms. The average molecular weight is 746 g/mol. The molecule has 302 valence electrons. The summed E-state index contributed by atoms with van der Waals surface area (Å²) in [6, 6.07) is 0. The summed E-state index contributed by atoms with van der Waals surface area (Å²) in [4.78, 5) is 13.5. The normalized spacial score (nSPS) is 13.1. The number of rotatable bonds is 41. The summed E-state index contributed by atoms with van der Waals surface area (Å²) in [5.41, 5.74) is -2.64. The van der Waals surface area contributed by atoms with Crippen molar-refractivity contribution < 1.29 is 37.8 Å². The highest BCUT2D eigenvalue weighted by Crippen LogP contribution is 2.51. The average Bonchev–Trinajstić information content (AvgIpc) is 3.14. The van der Waals surface area contributed by atoms with Crippen molar-refractivity contribution in [3.05, 3.63) is 12.7 Å². The summed E-state index contributed by atoms with van der Waals surface area (Å²) in [7, 11) is -2.86. The first kappa shape index (κ1) is 50.3. The Hall–Kier alpha value is -0.730. The lowest BCUT2D eigenvalue weighted by molar-refractivity contribution is -0.447. The molecule has 0 N–H and O–H groups in total. The summed E-state index contributed by atoms with van der Waals surface area (Å²) in [5, 5.41) is 0. The van der Waals surface area contributed by atoms with E-state index in [9.17, 15) is 9.36 Å². The molecule has 8 nitrogen and oxygen atoms in total. The predicted octanol–water partition coefficient (Wildman–Crippen LogP) is 12.8. The van der Waals surface area contributed by atoms with E-state index in [0.29, 0.717) is 26.4 Å². The Morgan fingerprint density at radius 3 is 1.08 bits per heavy atom. The summed E-state index contributed by atoms with van der Waals surface area (Å²) in [6.45, 7) is 18.6. The van der Waals surface area contributed by atoms with Crippen LogP contribution < -0.4 is 0 Å². The molecule has 0 amide bonds. The second-order valence-corrected chi connectivity index (χ2v) is 15.6. The van der Waals surface area contributed by atoms with Crippen LogP contribution in [0.3, 0.4) is 0 Å². The zero-order chi connectivity index (χ0) is 37.9. The maximum absolute atomic E-state index is 14.7. The van der Waals surface area contributed by atoms with Crippen LogP contribution in [0.1, 0.15) is 196 Å². The topological polar surface area (TPSA) is 89.5 Å². The molecule has 0 rings (SSSR count). The van der Waals surface area contributed by atoms with Crippen molar-refractivity contribution in [2.75, 3.05) is 39.6 Å². The van der Waals surface area contributed by atoms with Gasteiger partial charge in [0.1, 0.15) is 0 Å². The van der Waals surface area contributed by atoms with Gasteiger partial charge in [0, 0.05) is 12.7 Å². The number of carbonyl (C=O) groups is 1. The Morgan fingerprint density at radius 2 is 0.784 bits per heavy atom. The van der Waals surface area contributed by atoms with Crippen LogP contribution in [0.15, 0.2) is 12.7 Å². The van der Waals surface area contributed by atoms with Crippen LogP contribution in [0, 0.1) is 0 Å². The van der Waals surface area contributed by atoms with Crippen molar-refractivity contribution in [2.45, 2.75) is 213 Å². The fraction of sp³-hybridized carbons (Fsp3) is 0.929. The van der Waals surface area contributed by atoms with Crippen molar-refractivity contribution >= 4 is 13.3 Å². The van der Waals surface area contributed by atoms with E-state index in [2.05, 4.69) is 48.1 Å². The number of carbonyl (C=O) groups excluding carboxylic acids is 1. The van der Waals surface area contributed by atoms with Crippen LogP contribution in [-0.4, -0.2) is 62.8 Å². The third kappa shape index (κ3) is 22.3. The van der Waals surface area contributed by atoms with E-state index in [0.717, 1.165) is 160 Å². The molecule has 0 saturated carbocycles. The van der Waals surface area contributed by atoms with Crippen LogP contribution in [0.25, 0.3) is 0 Å². The standard InChI is InChI=1S/C42H82O8P/c1-8-15-21-27-33-45-40(42(51(44)39(43)14-7,49-37-31-25-19-12-5)50-38-32-26-20-13-6)41(46-34-28-22-16-9-2,47-35-29-23-17-10-3)48-36-30-24-18-11-4/h14,40H,7-13,15-38H2,1-6H3/q+1. The maximum Gasteiger partial charge on any atom is 0.488 e. The minimum Gasteiger partial charge on any atom is -0.361 e. The van der Waals surface area contributed by atoms with Crippen LogP contribution in [0.4, 0.5) is 0 Å². The molecule has 51 heavy (non-hydrogen) atoms. The highest BCUT2D eigenvalue weighted by atomic mass is 31.1. The molecule has 0 aromatic carbocycles. The van der Waals surface area contributed by atoms with E-state index in [4.69, 9.17) is 28.4 Å². The van der Waals surface area contributed by atoms with Crippen molar-refractivity contribution in [3.63, 3.8) is 0 Å². The second-order valence-electron chi connectivity index (χ2n) is 13.9. The van der Waals surface area contributed by atoms with Gasteiger partial charge in [-0.3, -0.25) is 0 Å². The summed E-state index contributed by atoms with van der Waals surface area (Å²) >= 11 is 0. The molecule has 0 aromatic rings. The molecule has 0 radical (unpaired) electrons. The molecule has 0 fully saturated rings. The molecule has 2 unspecified atom stereocenters. The SMILES string of the molecule is C=CC(=O)[P+](=O)C(OCCCCCC)(OCCCCCC)C(OCCCCCC)C(OCCCCCC)(OCCCCCC)OCCCCCC. The maximum atomic E-state index is 14.7. The molecular formula is C42H82O8P+. The first-order valence-corrected chi connectivity index (χ1v) is 22.6.